The normalized spacial score (nSPS) is 44.8. The molecule has 14 heavy (non-hydrogen) atoms. The molecule has 2 heterocycles. The lowest BCUT2D eigenvalue weighted by Crippen LogP contribution is -2.44. The van der Waals surface area contributed by atoms with Crippen LogP contribution < -0.4 is 5.32 Å². The van der Waals surface area contributed by atoms with Crippen molar-refractivity contribution in [1.82, 2.24) is 10.2 Å². The molecule has 2 fully saturated rings. The van der Waals surface area contributed by atoms with E-state index in [9.17, 15) is 0 Å². The van der Waals surface area contributed by atoms with Crippen molar-refractivity contribution in [1.29, 1.82) is 0 Å². The molecule has 0 aromatic rings. The predicted molar refractivity (Wildman–Crippen MR) is 63.9 cm³/mol. The summed E-state index contributed by atoms with van der Waals surface area (Å²) >= 11 is 2.03. The number of nitrogens with zero attached hydrogens (tertiary/aromatic N) is 1. The third-order valence-electron chi connectivity index (χ3n) is 4.05. The number of hydrogen-bond donors (Lipinski definition) is 1. The second-order valence-corrected chi connectivity index (χ2v) is 5.82. The third-order valence-corrected chi connectivity index (χ3v) is 5.13. The maximum absolute atomic E-state index is 3.52. The SMILES string of the molecule is CSC1CNCC1N1CCC(C)C1C. The Bertz CT molecular complexity index is 196. The van der Waals surface area contributed by atoms with Crippen molar-refractivity contribution in [3.63, 3.8) is 0 Å². The summed E-state index contributed by atoms with van der Waals surface area (Å²) in [5, 5.41) is 4.33. The molecule has 2 aliphatic heterocycles. The van der Waals surface area contributed by atoms with E-state index in [0.717, 1.165) is 23.3 Å². The second kappa shape index (κ2) is 4.42. The quantitative estimate of drug-likeness (QED) is 0.748. The van der Waals surface area contributed by atoms with Gasteiger partial charge in [-0.2, -0.15) is 11.8 Å². The highest BCUT2D eigenvalue weighted by Gasteiger charge is 2.38. The van der Waals surface area contributed by atoms with Crippen LogP contribution >= 0.6 is 11.8 Å². The first-order valence-corrected chi connectivity index (χ1v) is 7.02. The molecule has 0 saturated carbocycles. The summed E-state index contributed by atoms with van der Waals surface area (Å²) in [4.78, 5) is 2.73. The Hall–Kier alpha value is 0.270. The van der Waals surface area contributed by atoms with Crippen LogP contribution in [0.5, 0.6) is 0 Å². The number of hydrogen-bond acceptors (Lipinski definition) is 3. The van der Waals surface area contributed by atoms with E-state index in [1.54, 1.807) is 0 Å². The lowest BCUT2D eigenvalue weighted by atomic mass is 10.0. The molecule has 4 atom stereocenters. The van der Waals surface area contributed by atoms with Crippen LogP contribution in [0.4, 0.5) is 0 Å². The van der Waals surface area contributed by atoms with Gasteiger partial charge in [0.25, 0.3) is 0 Å². The summed E-state index contributed by atoms with van der Waals surface area (Å²) in [5.74, 6) is 0.887. The molecule has 0 aliphatic carbocycles. The van der Waals surface area contributed by atoms with Gasteiger partial charge in [0, 0.05) is 30.4 Å². The van der Waals surface area contributed by atoms with Crippen LogP contribution in [0.25, 0.3) is 0 Å². The highest BCUT2D eigenvalue weighted by atomic mass is 32.2. The highest BCUT2D eigenvalue weighted by molar-refractivity contribution is 7.99. The van der Waals surface area contributed by atoms with Crippen molar-refractivity contribution in [2.24, 2.45) is 5.92 Å². The van der Waals surface area contributed by atoms with Gasteiger partial charge in [-0.25, -0.2) is 0 Å². The molecule has 2 aliphatic rings. The van der Waals surface area contributed by atoms with E-state index in [1.165, 1.54) is 26.1 Å². The van der Waals surface area contributed by atoms with Gasteiger partial charge in [0.2, 0.25) is 0 Å². The number of thioether (sulfide) groups is 1. The predicted octanol–water partition coefficient (Wildman–Crippen LogP) is 1.42. The maximum atomic E-state index is 3.52. The van der Waals surface area contributed by atoms with Crippen molar-refractivity contribution in [2.45, 2.75) is 37.6 Å². The minimum atomic E-state index is 0.782. The van der Waals surface area contributed by atoms with Crippen LogP contribution in [-0.2, 0) is 0 Å². The zero-order valence-electron chi connectivity index (χ0n) is 9.49. The van der Waals surface area contributed by atoms with E-state index in [1.807, 2.05) is 11.8 Å². The largest absolute Gasteiger partial charge is 0.314 e. The summed E-state index contributed by atoms with van der Waals surface area (Å²) in [6.45, 7) is 8.49. The molecule has 4 unspecified atom stereocenters. The lowest BCUT2D eigenvalue weighted by Gasteiger charge is -2.32. The summed E-state index contributed by atoms with van der Waals surface area (Å²) in [6.07, 6.45) is 3.63. The van der Waals surface area contributed by atoms with E-state index >= 15 is 0 Å². The van der Waals surface area contributed by atoms with Crippen molar-refractivity contribution in [3.8, 4) is 0 Å². The molecule has 0 spiro atoms. The molecule has 2 saturated heterocycles. The van der Waals surface area contributed by atoms with Crippen molar-refractivity contribution in [2.75, 3.05) is 25.9 Å². The number of likely N-dealkylation sites (tertiary alicyclic amines) is 1. The molecule has 0 aromatic carbocycles. The summed E-state index contributed by atoms with van der Waals surface area (Å²) in [6, 6.07) is 1.57. The molecule has 0 radical (unpaired) electrons. The molecule has 1 N–H and O–H groups in total. The van der Waals surface area contributed by atoms with E-state index < -0.39 is 0 Å². The standard InChI is InChI=1S/C11H22N2S/c1-8-4-5-13(9(8)2)10-6-12-7-11(10)14-3/h8-12H,4-7H2,1-3H3. The average Bonchev–Trinajstić information content (AvgIpc) is 2.75. The van der Waals surface area contributed by atoms with Crippen LogP contribution in [0.15, 0.2) is 0 Å². The highest BCUT2D eigenvalue weighted by Crippen LogP contribution is 2.30. The molecule has 2 nitrogen and oxygen atoms in total. The molecule has 82 valence electrons. The first-order chi connectivity index (χ1) is 6.74. The van der Waals surface area contributed by atoms with E-state index in [4.69, 9.17) is 0 Å². The monoisotopic (exact) mass is 214 g/mol. The van der Waals surface area contributed by atoms with E-state index in [0.29, 0.717) is 0 Å². The number of rotatable bonds is 2. The molecule has 0 bridgehead atoms. The minimum Gasteiger partial charge on any atom is -0.314 e. The van der Waals surface area contributed by atoms with Crippen LogP contribution in [0.2, 0.25) is 0 Å². The Morgan fingerprint density at radius 1 is 1.29 bits per heavy atom. The second-order valence-electron chi connectivity index (χ2n) is 4.74. The zero-order valence-corrected chi connectivity index (χ0v) is 10.3. The third kappa shape index (κ3) is 1.82. The fourth-order valence-corrected chi connectivity index (χ4v) is 3.66. The summed E-state index contributed by atoms with van der Waals surface area (Å²) in [7, 11) is 0. The Labute approximate surface area is 91.8 Å². The van der Waals surface area contributed by atoms with Crippen LogP contribution in [0.3, 0.4) is 0 Å². The summed E-state index contributed by atoms with van der Waals surface area (Å²) < 4.78 is 0. The van der Waals surface area contributed by atoms with Crippen molar-refractivity contribution >= 4 is 11.8 Å². The number of nitrogens with one attached hydrogen (secondary N) is 1. The minimum absolute atomic E-state index is 0.782. The van der Waals surface area contributed by atoms with Gasteiger partial charge in [-0.15, -0.1) is 0 Å². The van der Waals surface area contributed by atoms with Gasteiger partial charge in [-0.1, -0.05) is 6.92 Å². The van der Waals surface area contributed by atoms with Gasteiger partial charge in [0.05, 0.1) is 0 Å². The molecular weight excluding hydrogens is 192 g/mol. The lowest BCUT2D eigenvalue weighted by molar-refractivity contribution is 0.190. The molecular formula is C11H22N2S. The van der Waals surface area contributed by atoms with Crippen LogP contribution in [0, 0.1) is 5.92 Å². The topological polar surface area (TPSA) is 15.3 Å². The maximum Gasteiger partial charge on any atom is 0.0354 e. The van der Waals surface area contributed by atoms with Crippen molar-refractivity contribution < 1.29 is 0 Å². The van der Waals surface area contributed by atoms with Gasteiger partial charge in [0.15, 0.2) is 0 Å². The molecule has 0 aromatic heterocycles. The Morgan fingerprint density at radius 2 is 2.07 bits per heavy atom. The average molecular weight is 214 g/mol. The fraction of sp³-hybridized carbons (Fsp3) is 1.00. The molecule has 0 amide bonds. The van der Waals surface area contributed by atoms with Crippen LogP contribution in [-0.4, -0.2) is 48.1 Å². The first-order valence-electron chi connectivity index (χ1n) is 5.73. The van der Waals surface area contributed by atoms with Gasteiger partial charge in [-0.05, 0) is 32.1 Å². The zero-order chi connectivity index (χ0) is 10.1. The van der Waals surface area contributed by atoms with Crippen LogP contribution in [0.1, 0.15) is 20.3 Å². The molecule has 2 rings (SSSR count). The Balaban J connectivity index is 2.00. The summed E-state index contributed by atoms with van der Waals surface area (Å²) in [5.41, 5.74) is 0. The Morgan fingerprint density at radius 3 is 2.64 bits per heavy atom. The van der Waals surface area contributed by atoms with Gasteiger partial charge in [-0.3, -0.25) is 4.90 Å². The molecule has 3 heteroatoms. The van der Waals surface area contributed by atoms with E-state index in [-0.39, 0.29) is 0 Å². The fourth-order valence-electron chi connectivity index (χ4n) is 2.80. The van der Waals surface area contributed by atoms with Gasteiger partial charge >= 0.3 is 0 Å². The van der Waals surface area contributed by atoms with Gasteiger partial charge in [0.1, 0.15) is 0 Å². The smallest absolute Gasteiger partial charge is 0.0354 e. The van der Waals surface area contributed by atoms with Gasteiger partial charge < -0.3 is 5.32 Å². The van der Waals surface area contributed by atoms with Crippen molar-refractivity contribution in [3.05, 3.63) is 0 Å². The van der Waals surface area contributed by atoms with E-state index in [2.05, 4.69) is 30.3 Å². The Kier molecular flexibility index (Phi) is 3.40. The first kappa shape index (κ1) is 10.8.